The van der Waals surface area contributed by atoms with Crippen LogP contribution >= 0.6 is 0 Å². The van der Waals surface area contributed by atoms with Crippen molar-refractivity contribution >= 4 is 0 Å². The van der Waals surface area contributed by atoms with Crippen LogP contribution in [0.25, 0.3) is 0 Å². The van der Waals surface area contributed by atoms with Crippen LogP contribution in [0.5, 0.6) is 5.75 Å². The molecule has 3 atom stereocenters. The van der Waals surface area contributed by atoms with Crippen LogP contribution in [0.2, 0.25) is 0 Å². The van der Waals surface area contributed by atoms with Gasteiger partial charge in [0, 0.05) is 12.0 Å². The normalized spacial score (nSPS) is 29.9. The van der Waals surface area contributed by atoms with Crippen molar-refractivity contribution in [1.29, 1.82) is 0 Å². The second kappa shape index (κ2) is 7.24. The van der Waals surface area contributed by atoms with E-state index in [-0.39, 0.29) is 43.7 Å². The minimum atomic E-state index is -4.89. The van der Waals surface area contributed by atoms with Crippen molar-refractivity contribution in [3.05, 3.63) is 65.5 Å². The number of halogens is 4. The molecule has 0 radical (unpaired) electrons. The summed E-state index contributed by atoms with van der Waals surface area (Å²) < 4.78 is 67.0. The van der Waals surface area contributed by atoms with Crippen molar-refractivity contribution in [3.8, 4) is 5.75 Å². The van der Waals surface area contributed by atoms with Gasteiger partial charge in [-0.1, -0.05) is 30.3 Å². The topological polar surface area (TPSA) is 60.0 Å². The van der Waals surface area contributed by atoms with Crippen molar-refractivity contribution in [1.82, 2.24) is 5.32 Å². The molecule has 0 aliphatic carbocycles. The highest BCUT2D eigenvalue weighted by Gasteiger charge is 2.52. The first-order chi connectivity index (χ1) is 13.7. The Morgan fingerprint density at radius 3 is 2.52 bits per heavy atom. The summed E-state index contributed by atoms with van der Waals surface area (Å²) in [5, 5.41) is 14.4. The molecule has 5 nitrogen and oxygen atoms in total. The van der Waals surface area contributed by atoms with Crippen molar-refractivity contribution in [2.45, 2.75) is 30.2 Å². The summed E-state index contributed by atoms with van der Waals surface area (Å²) in [5.41, 5.74) is -2.10. The average molecular weight is 413 g/mol. The van der Waals surface area contributed by atoms with Gasteiger partial charge < -0.3 is 19.3 Å². The lowest BCUT2D eigenvalue weighted by Gasteiger charge is -2.43. The molecule has 2 fully saturated rings. The van der Waals surface area contributed by atoms with E-state index in [1.807, 2.05) is 0 Å². The monoisotopic (exact) mass is 413 g/mol. The number of rotatable bonds is 3. The van der Waals surface area contributed by atoms with Gasteiger partial charge in [-0.05, 0) is 23.8 Å². The Morgan fingerprint density at radius 2 is 1.79 bits per heavy atom. The van der Waals surface area contributed by atoms with Gasteiger partial charge in [-0.3, -0.25) is 5.32 Å². The third-order valence-corrected chi connectivity index (χ3v) is 5.10. The predicted molar refractivity (Wildman–Crippen MR) is 93.4 cm³/mol. The van der Waals surface area contributed by atoms with Crippen LogP contribution in [-0.4, -0.2) is 37.0 Å². The molecule has 2 aliphatic rings. The molecule has 2 saturated heterocycles. The summed E-state index contributed by atoms with van der Waals surface area (Å²) in [6, 6.07) is 11.1. The van der Waals surface area contributed by atoms with Gasteiger partial charge in [0.1, 0.15) is 22.9 Å². The first-order valence-electron chi connectivity index (χ1n) is 9.01. The molecule has 2 aromatic carbocycles. The standard InChI is InChI=1S/C20H19F4NO4/c21-14-7-5-13(6-8-14)16-9-28-19(25-16)10-18(26,11-27-12-19)15-3-1-2-4-17(15)29-20(22,23)24/h1-8,16,25-26H,9-12H2/t16-,18+,19?/m1/s1. The Morgan fingerprint density at radius 1 is 1.07 bits per heavy atom. The Labute approximate surface area is 164 Å². The van der Waals surface area contributed by atoms with Gasteiger partial charge in [0.2, 0.25) is 0 Å². The van der Waals surface area contributed by atoms with Crippen LogP contribution in [0.15, 0.2) is 48.5 Å². The highest BCUT2D eigenvalue weighted by molar-refractivity contribution is 5.39. The van der Waals surface area contributed by atoms with E-state index in [4.69, 9.17) is 9.47 Å². The number of para-hydroxylation sites is 1. The summed E-state index contributed by atoms with van der Waals surface area (Å²) >= 11 is 0. The van der Waals surface area contributed by atoms with Crippen LogP contribution in [0.3, 0.4) is 0 Å². The van der Waals surface area contributed by atoms with Gasteiger partial charge in [-0.15, -0.1) is 13.2 Å². The Bertz CT molecular complexity index is 876. The Balaban J connectivity index is 1.58. The van der Waals surface area contributed by atoms with E-state index in [2.05, 4.69) is 10.1 Å². The molecule has 0 saturated carbocycles. The van der Waals surface area contributed by atoms with E-state index < -0.39 is 23.4 Å². The van der Waals surface area contributed by atoms with Gasteiger partial charge in [0.15, 0.2) is 0 Å². The van der Waals surface area contributed by atoms with Crippen LogP contribution in [-0.2, 0) is 15.1 Å². The van der Waals surface area contributed by atoms with E-state index in [0.717, 1.165) is 11.6 Å². The van der Waals surface area contributed by atoms with Crippen LogP contribution < -0.4 is 10.1 Å². The molecule has 4 rings (SSSR count). The highest BCUT2D eigenvalue weighted by atomic mass is 19.4. The molecule has 0 bridgehead atoms. The van der Waals surface area contributed by atoms with Crippen LogP contribution in [0, 0.1) is 5.82 Å². The third-order valence-electron chi connectivity index (χ3n) is 5.10. The molecule has 29 heavy (non-hydrogen) atoms. The van der Waals surface area contributed by atoms with Crippen molar-refractivity contribution in [2.24, 2.45) is 0 Å². The smallest absolute Gasteiger partial charge is 0.405 e. The van der Waals surface area contributed by atoms with E-state index in [9.17, 15) is 22.7 Å². The fraction of sp³-hybridized carbons (Fsp3) is 0.400. The quantitative estimate of drug-likeness (QED) is 0.756. The predicted octanol–water partition coefficient (Wildman–Crippen LogP) is 3.39. The van der Waals surface area contributed by atoms with E-state index in [0.29, 0.717) is 0 Å². The van der Waals surface area contributed by atoms with Gasteiger partial charge in [-0.2, -0.15) is 0 Å². The Hall–Kier alpha value is -2.20. The second-order valence-electron chi connectivity index (χ2n) is 7.30. The van der Waals surface area contributed by atoms with Crippen molar-refractivity contribution in [2.75, 3.05) is 19.8 Å². The summed E-state index contributed by atoms with van der Waals surface area (Å²) in [6.07, 6.45) is -4.94. The van der Waals surface area contributed by atoms with E-state index >= 15 is 0 Å². The molecule has 2 aliphatic heterocycles. The van der Waals surface area contributed by atoms with Crippen LogP contribution in [0.1, 0.15) is 23.6 Å². The maximum atomic E-state index is 13.2. The number of ether oxygens (including phenoxy) is 3. The number of hydrogen-bond donors (Lipinski definition) is 2. The SMILES string of the molecule is O[C@]1(c2ccccc2OC(F)(F)F)COCC2(C1)N[C@@H](c1ccc(F)cc1)CO2. The summed E-state index contributed by atoms with van der Waals surface area (Å²) in [6.45, 7) is 0.139. The second-order valence-corrected chi connectivity index (χ2v) is 7.30. The average Bonchev–Trinajstić information content (AvgIpc) is 3.04. The number of hydrogen-bond acceptors (Lipinski definition) is 5. The first kappa shape index (κ1) is 20.1. The van der Waals surface area contributed by atoms with E-state index in [1.165, 1.54) is 30.3 Å². The summed E-state index contributed by atoms with van der Waals surface area (Å²) in [7, 11) is 0. The lowest BCUT2D eigenvalue weighted by atomic mass is 9.84. The minimum absolute atomic E-state index is 0.0352. The maximum Gasteiger partial charge on any atom is 0.573 e. The zero-order valence-corrected chi connectivity index (χ0v) is 15.2. The van der Waals surface area contributed by atoms with Crippen LogP contribution in [0.4, 0.5) is 17.6 Å². The maximum absolute atomic E-state index is 13.2. The molecular formula is C20H19F4NO4. The lowest BCUT2D eigenvalue weighted by Crippen LogP contribution is -2.57. The highest BCUT2D eigenvalue weighted by Crippen LogP contribution is 2.43. The molecule has 0 aromatic heterocycles. The number of alkyl halides is 3. The largest absolute Gasteiger partial charge is 0.573 e. The minimum Gasteiger partial charge on any atom is -0.405 e. The number of aliphatic hydroxyl groups is 1. The number of nitrogens with one attached hydrogen (secondary N) is 1. The summed E-state index contributed by atoms with van der Waals surface area (Å²) in [4.78, 5) is 0. The van der Waals surface area contributed by atoms with Gasteiger partial charge in [-0.25, -0.2) is 4.39 Å². The molecule has 1 spiro atoms. The molecule has 156 valence electrons. The molecule has 1 unspecified atom stereocenters. The zero-order chi connectivity index (χ0) is 20.7. The molecule has 2 aromatic rings. The van der Waals surface area contributed by atoms with Crippen molar-refractivity contribution in [3.63, 3.8) is 0 Å². The van der Waals surface area contributed by atoms with Gasteiger partial charge in [0.25, 0.3) is 0 Å². The lowest BCUT2D eigenvalue weighted by molar-refractivity contribution is -0.276. The third kappa shape index (κ3) is 4.23. The molecule has 0 amide bonds. The van der Waals surface area contributed by atoms with Gasteiger partial charge >= 0.3 is 6.36 Å². The fourth-order valence-corrected chi connectivity index (χ4v) is 3.90. The first-order valence-corrected chi connectivity index (χ1v) is 9.01. The number of benzene rings is 2. The summed E-state index contributed by atoms with van der Waals surface area (Å²) in [5.74, 6) is -0.852. The molecule has 2 N–H and O–H groups in total. The van der Waals surface area contributed by atoms with E-state index in [1.54, 1.807) is 12.1 Å². The molecular weight excluding hydrogens is 394 g/mol. The van der Waals surface area contributed by atoms with Gasteiger partial charge in [0.05, 0.1) is 25.9 Å². The fourth-order valence-electron chi connectivity index (χ4n) is 3.90. The molecule has 2 heterocycles. The molecule has 9 heteroatoms. The van der Waals surface area contributed by atoms with Crippen molar-refractivity contribution < 1.29 is 36.9 Å². The Kier molecular flexibility index (Phi) is 5.02. The zero-order valence-electron chi connectivity index (χ0n) is 15.2.